The lowest BCUT2D eigenvalue weighted by atomic mass is 10.1. The molecule has 3 rings (SSSR count). The van der Waals surface area contributed by atoms with E-state index in [1.165, 1.54) is 21.5 Å². The maximum Gasteiger partial charge on any atom is 0.0353 e. The molecule has 0 atom stereocenters. The molecule has 0 amide bonds. The molecule has 3 aromatic rings. The molecule has 0 radical (unpaired) electrons. The van der Waals surface area contributed by atoms with Crippen molar-refractivity contribution in [1.82, 2.24) is 9.97 Å². The molecule has 0 aliphatic carbocycles. The Bertz CT molecular complexity index is 566. The van der Waals surface area contributed by atoms with Gasteiger partial charge in [0.2, 0.25) is 0 Å². The molecular formula is C11H8N2. The Morgan fingerprint density at radius 1 is 0.923 bits per heavy atom. The van der Waals surface area contributed by atoms with Crippen LogP contribution in [-0.4, -0.2) is 9.97 Å². The van der Waals surface area contributed by atoms with Crippen LogP contribution in [0.5, 0.6) is 0 Å². The van der Waals surface area contributed by atoms with E-state index in [1.54, 1.807) is 0 Å². The Morgan fingerprint density at radius 2 is 1.85 bits per heavy atom. The van der Waals surface area contributed by atoms with Crippen molar-refractivity contribution in [2.24, 2.45) is 0 Å². The molecule has 2 aromatic heterocycles. The fourth-order valence-corrected chi connectivity index (χ4v) is 1.70. The highest BCUT2D eigenvalue weighted by Gasteiger charge is 1.99. The molecule has 0 saturated heterocycles. The van der Waals surface area contributed by atoms with Gasteiger partial charge in [0.1, 0.15) is 0 Å². The molecule has 0 aliphatic heterocycles. The molecule has 1 N–H and O–H groups in total. The van der Waals surface area contributed by atoms with Gasteiger partial charge in [-0.2, -0.15) is 0 Å². The van der Waals surface area contributed by atoms with Crippen LogP contribution in [0.15, 0.2) is 43.0 Å². The maximum atomic E-state index is 4.14. The Morgan fingerprint density at radius 3 is 2.85 bits per heavy atom. The van der Waals surface area contributed by atoms with Crippen molar-refractivity contribution in [3.05, 3.63) is 43.0 Å². The molecule has 2 heterocycles. The second kappa shape index (κ2) is 2.33. The van der Waals surface area contributed by atoms with Gasteiger partial charge in [-0.3, -0.25) is 4.98 Å². The predicted molar refractivity (Wildman–Crippen MR) is 53.6 cm³/mol. The Labute approximate surface area is 75.2 Å². The molecule has 0 spiro atoms. The van der Waals surface area contributed by atoms with Crippen LogP contribution in [0.4, 0.5) is 0 Å². The summed E-state index contributed by atoms with van der Waals surface area (Å²) in [6, 6.07) is 6.29. The van der Waals surface area contributed by atoms with Crippen LogP contribution in [-0.2, 0) is 0 Å². The molecule has 2 heteroatoms. The van der Waals surface area contributed by atoms with Gasteiger partial charge >= 0.3 is 0 Å². The minimum Gasteiger partial charge on any atom is -0.367 e. The van der Waals surface area contributed by atoms with Crippen molar-refractivity contribution in [3.63, 3.8) is 0 Å². The van der Waals surface area contributed by atoms with Crippen LogP contribution < -0.4 is 0 Å². The zero-order chi connectivity index (χ0) is 8.67. The molecule has 0 aliphatic rings. The number of nitrogens with zero attached hydrogens (tertiary/aromatic N) is 1. The summed E-state index contributed by atoms with van der Waals surface area (Å²) in [6.07, 6.45) is 7.75. The van der Waals surface area contributed by atoms with Crippen LogP contribution in [0, 0.1) is 0 Å². The van der Waals surface area contributed by atoms with E-state index in [9.17, 15) is 0 Å². The minimum absolute atomic E-state index is 1.21. The van der Waals surface area contributed by atoms with Crippen molar-refractivity contribution in [2.45, 2.75) is 0 Å². The van der Waals surface area contributed by atoms with Gasteiger partial charge in [-0.25, -0.2) is 0 Å². The Balaban J connectivity index is 2.65. The first-order chi connectivity index (χ1) is 6.45. The van der Waals surface area contributed by atoms with Crippen LogP contribution in [0.1, 0.15) is 0 Å². The number of aromatic amines is 1. The van der Waals surface area contributed by atoms with Gasteiger partial charge in [0.05, 0.1) is 0 Å². The van der Waals surface area contributed by atoms with Crippen molar-refractivity contribution in [2.75, 3.05) is 0 Å². The first-order valence-corrected chi connectivity index (χ1v) is 4.24. The summed E-state index contributed by atoms with van der Waals surface area (Å²) in [5.41, 5.74) is 0. The lowest BCUT2D eigenvalue weighted by molar-refractivity contribution is 1.37. The second-order valence-electron chi connectivity index (χ2n) is 3.12. The van der Waals surface area contributed by atoms with Gasteiger partial charge in [-0.1, -0.05) is 12.1 Å². The lowest BCUT2D eigenvalue weighted by Crippen LogP contribution is -1.74. The molecule has 0 bridgehead atoms. The van der Waals surface area contributed by atoms with Gasteiger partial charge in [-0.05, 0) is 16.8 Å². The number of hydrogen-bond acceptors (Lipinski definition) is 1. The van der Waals surface area contributed by atoms with E-state index in [0.29, 0.717) is 0 Å². The summed E-state index contributed by atoms with van der Waals surface area (Å²) in [5.74, 6) is 0. The highest BCUT2D eigenvalue weighted by atomic mass is 14.6. The third-order valence-electron chi connectivity index (χ3n) is 2.36. The van der Waals surface area contributed by atoms with Crippen LogP contribution >= 0.6 is 0 Å². The topological polar surface area (TPSA) is 28.7 Å². The van der Waals surface area contributed by atoms with E-state index in [-0.39, 0.29) is 0 Å². The van der Waals surface area contributed by atoms with Gasteiger partial charge in [-0.15, -0.1) is 0 Å². The molecule has 1 aromatic carbocycles. The van der Waals surface area contributed by atoms with Gasteiger partial charge < -0.3 is 4.98 Å². The number of nitrogens with one attached hydrogen (secondary N) is 1. The summed E-state index contributed by atoms with van der Waals surface area (Å²) < 4.78 is 0. The van der Waals surface area contributed by atoms with E-state index in [0.717, 1.165) is 0 Å². The zero-order valence-corrected chi connectivity index (χ0v) is 6.99. The minimum atomic E-state index is 1.21. The fraction of sp³-hybridized carbons (Fsp3) is 0. The summed E-state index contributed by atoms with van der Waals surface area (Å²) in [5, 5.41) is 4.92. The number of pyridine rings is 1. The average Bonchev–Trinajstić information content (AvgIpc) is 2.65. The Hall–Kier alpha value is -1.83. The first kappa shape index (κ1) is 6.66. The van der Waals surface area contributed by atoms with Crippen LogP contribution in [0.25, 0.3) is 21.5 Å². The number of hydrogen-bond donors (Lipinski definition) is 1. The fourth-order valence-electron chi connectivity index (χ4n) is 1.70. The largest absolute Gasteiger partial charge is 0.367 e. The van der Waals surface area contributed by atoms with Crippen molar-refractivity contribution in [3.8, 4) is 0 Å². The van der Waals surface area contributed by atoms with E-state index in [2.05, 4.69) is 28.2 Å². The van der Waals surface area contributed by atoms with E-state index in [4.69, 9.17) is 0 Å². The molecule has 62 valence electrons. The summed E-state index contributed by atoms with van der Waals surface area (Å²) in [6.45, 7) is 0. The highest BCUT2D eigenvalue weighted by molar-refractivity contribution is 6.06. The maximum absolute atomic E-state index is 4.14. The predicted octanol–water partition coefficient (Wildman–Crippen LogP) is 2.72. The summed E-state index contributed by atoms with van der Waals surface area (Å²) >= 11 is 0. The smallest absolute Gasteiger partial charge is 0.0353 e. The normalized spacial score (nSPS) is 11.1. The third-order valence-corrected chi connectivity index (χ3v) is 2.36. The van der Waals surface area contributed by atoms with Crippen molar-refractivity contribution >= 4 is 21.5 Å². The SMILES string of the molecule is c1cc2c(ccc3cncc32)c[nH]1. The Kier molecular flexibility index (Phi) is 1.19. The molecule has 13 heavy (non-hydrogen) atoms. The monoisotopic (exact) mass is 168 g/mol. The number of fused-ring (bicyclic) bond motifs is 3. The average molecular weight is 168 g/mol. The quantitative estimate of drug-likeness (QED) is 0.549. The molecular weight excluding hydrogens is 160 g/mol. The van der Waals surface area contributed by atoms with Gasteiger partial charge in [0.25, 0.3) is 0 Å². The third kappa shape index (κ3) is 0.855. The van der Waals surface area contributed by atoms with Crippen LogP contribution in [0.2, 0.25) is 0 Å². The van der Waals surface area contributed by atoms with Crippen LogP contribution in [0.3, 0.4) is 0 Å². The number of benzene rings is 1. The zero-order valence-electron chi connectivity index (χ0n) is 6.99. The van der Waals surface area contributed by atoms with Gasteiger partial charge in [0, 0.05) is 35.6 Å². The molecule has 0 fully saturated rings. The lowest BCUT2D eigenvalue weighted by Gasteiger charge is -1.97. The number of H-pyrrole nitrogens is 1. The molecule has 0 unspecified atom stereocenters. The summed E-state index contributed by atoms with van der Waals surface area (Å²) in [4.78, 5) is 7.21. The van der Waals surface area contributed by atoms with E-state index < -0.39 is 0 Å². The summed E-state index contributed by atoms with van der Waals surface area (Å²) in [7, 11) is 0. The van der Waals surface area contributed by atoms with Gasteiger partial charge in [0.15, 0.2) is 0 Å². The number of aromatic nitrogens is 2. The standard InChI is InChI=1S/C11H8N2/c1-2-9-6-13-7-11(9)10-3-4-12-5-8(1)10/h1-7,12H. The number of rotatable bonds is 0. The van der Waals surface area contributed by atoms with E-state index in [1.807, 2.05) is 24.8 Å². The van der Waals surface area contributed by atoms with Crippen molar-refractivity contribution in [1.29, 1.82) is 0 Å². The highest BCUT2D eigenvalue weighted by Crippen LogP contribution is 2.23. The van der Waals surface area contributed by atoms with Crippen molar-refractivity contribution < 1.29 is 0 Å². The second-order valence-corrected chi connectivity index (χ2v) is 3.12. The molecule has 2 nitrogen and oxygen atoms in total. The van der Waals surface area contributed by atoms with E-state index >= 15 is 0 Å². The molecule has 0 saturated carbocycles. The first-order valence-electron chi connectivity index (χ1n) is 4.24.